The van der Waals surface area contributed by atoms with Gasteiger partial charge in [0.25, 0.3) is 0 Å². The van der Waals surface area contributed by atoms with Gasteiger partial charge in [0.1, 0.15) is 23.1 Å². The van der Waals surface area contributed by atoms with Crippen LogP contribution in [0.4, 0.5) is 11.6 Å². The summed E-state index contributed by atoms with van der Waals surface area (Å²) in [5, 5.41) is 1.44. The Morgan fingerprint density at radius 1 is 1.07 bits per heavy atom. The molecule has 2 aliphatic rings. The molecule has 2 saturated heterocycles. The summed E-state index contributed by atoms with van der Waals surface area (Å²) >= 11 is 13.2. The molecule has 0 saturated carbocycles. The van der Waals surface area contributed by atoms with Gasteiger partial charge in [-0.15, -0.1) is 0 Å². The predicted octanol–water partition coefficient (Wildman–Crippen LogP) is 3.43. The van der Waals surface area contributed by atoms with Crippen molar-refractivity contribution in [3.05, 3.63) is 28.4 Å². The number of fused-ring (bicyclic) bond motifs is 1. The Kier molecular flexibility index (Phi) is 4.53. The highest BCUT2D eigenvalue weighted by Gasteiger charge is 2.49. The highest BCUT2D eigenvalue weighted by molar-refractivity contribution is 6.41. The van der Waals surface area contributed by atoms with Crippen molar-refractivity contribution in [1.82, 2.24) is 15.0 Å². The minimum atomic E-state index is 0.213. The van der Waals surface area contributed by atoms with Gasteiger partial charge < -0.3 is 24.8 Å². The molecular formula is C20H19Cl2N5O3. The van der Waals surface area contributed by atoms with Crippen LogP contribution in [0.1, 0.15) is 0 Å². The Morgan fingerprint density at radius 3 is 2.30 bits per heavy atom. The van der Waals surface area contributed by atoms with Crippen molar-refractivity contribution in [2.24, 2.45) is 5.41 Å². The largest absolute Gasteiger partial charge is 0.495 e. The molecule has 2 fully saturated rings. The number of methoxy groups -OCH3 is 2. The smallest absolute Gasteiger partial charge is 0.165 e. The molecule has 2 aliphatic heterocycles. The molecule has 0 aliphatic carbocycles. The molecule has 0 bridgehead atoms. The fourth-order valence-electron chi connectivity index (χ4n) is 3.95. The van der Waals surface area contributed by atoms with E-state index in [0.29, 0.717) is 44.3 Å². The number of aromatic nitrogens is 3. The van der Waals surface area contributed by atoms with Crippen LogP contribution < -0.4 is 20.1 Å². The molecule has 1 spiro atoms. The number of hydrogen-bond donors (Lipinski definition) is 1. The normalized spacial score (nSPS) is 17.0. The average Bonchev–Trinajstić information content (AvgIpc) is 2.66. The zero-order valence-corrected chi connectivity index (χ0v) is 17.9. The van der Waals surface area contributed by atoms with E-state index in [1.165, 1.54) is 14.2 Å². The summed E-state index contributed by atoms with van der Waals surface area (Å²) in [4.78, 5) is 15.9. The summed E-state index contributed by atoms with van der Waals surface area (Å²) in [6.07, 6.45) is 1.63. The molecule has 0 unspecified atom stereocenters. The number of pyridine rings is 1. The molecule has 0 amide bonds. The number of benzene rings is 1. The number of nitrogens with zero attached hydrogens (tertiary/aromatic N) is 4. The van der Waals surface area contributed by atoms with Gasteiger partial charge in [0.05, 0.1) is 60.2 Å². The summed E-state index contributed by atoms with van der Waals surface area (Å²) in [5.74, 6) is 2.37. The molecular weight excluding hydrogens is 429 g/mol. The van der Waals surface area contributed by atoms with Crippen LogP contribution in [0.15, 0.2) is 18.3 Å². The van der Waals surface area contributed by atoms with E-state index < -0.39 is 0 Å². The van der Waals surface area contributed by atoms with Crippen molar-refractivity contribution in [2.75, 3.05) is 51.2 Å². The first-order valence-corrected chi connectivity index (χ1v) is 10.1. The van der Waals surface area contributed by atoms with Crippen LogP contribution in [0.5, 0.6) is 11.5 Å². The number of nitrogens with two attached hydrogens (primary N) is 1. The lowest BCUT2D eigenvalue weighted by Crippen LogP contribution is -2.66. The Balaban J connectivity index is 1.70. The van der Waals surface area contributed by atoms with Gasteiger partial charge >= 0.3 is 0 Å². The first-order chi connectivity index (χ1) is 14.4. The highest BCUT2D eigenvalue weighted by atomic mass is 35.5. The number of rotatable bonds is 4. The van der Waals surface area contributed by atoms with Gasteiger partial charge in [-0.05, 0) is 6.07 Å². The van der Waals surface area contributed by atoms with Crippen molar-refractivity contribution in [1.29, 1.82) is 0 Å². The van der Waals surface area contributed by atoms with E-state index in [9.17, 15) is 0 Å². The molecule has 4 heterocycles. The van der Waals surface area contributed by atoms with Crippen LogP contribution in [-0.2, 0) is 4.74 Å². The van der Waals surface area contributed by atoms with Gasteiger partial charge in [-0.3, -0.25) is 0 Å². The number of ether oxygens (including phenoxy) is 3. The second-order valence-electron chi connectivity index (χ2n) is 7.63. The molecule has 5 rings (SSSR count). The summed E-state index contributed by atoms with van der Waals surface area (Å²) in [6, 6.07) is 3.42. The molecule has 30 heavy (non-hydrogen) atoms. The lowest BCUT2D eigenvalue weighted by molar-refractivity contribution is -0.127. The van der Waals surface area contributed by atoms with E-state index >= 15 is 0 Å². The molecule has 10 heteroatoms. The summed E-state index contributed by atoms with van der Waals surface area (Å²) in [5.41, 5.74) is 7.23. The standard InChI is InChI=1S/C20H19Cl2N5O3/c1-28-12-4-13(29-2)17(22)15(16(12)21)18-25-11-5-24-14(23)3-10(11)19(26-18)27-6-20(7-27)8-30-9-20/h3-5H,6-9H2,1-2H3,(H2,23,24). The molecule has 2 N–H and O–H groups in total. The minimum Gasteiger partial charge on any atom is -0.495 e. The van der Waals surface area contributed by atoms with Crippen LogP contribution >= 0.6 is 23.2 Å². The summed E-state index contributed by atoms with van der Waals surface area (Å²) in [7, 11) is 3.05. The lowest BCUT2D eigenvalue weighted by Gasteiger charge is -2.55. The fourth-order valence-corrected chi connectivity index (χ4v) is 4.62. The third-order valence-electron chi connectivity index (χ3n) is 5.55. The van der Waals surface area contributed by atoms with Crippen LogP contribution in [0.3, 0.4) is 0 Å². The maximum absolute atomic E-state index is 6.60. The Bertz CT molecular complexity index is 1130. The second kappa shape index (κ2) is 7.01. The zero-order chi connectivity index (χ0) is 21.0. The molecule has 156 valence electrons. The van der Waals surface area contributed by atoms with E-state index in [0.717, 1.165) is 37.5 Å². The number of hydrogen-bond acceptors (Lipinski definition) is 8. The summed E-state index contributed by atoms with van der Waals surface area (Å²) < 4.78 is 16.2. The molecule has 2 aromatic heterocycles. The quantitative estimate of drug-likeness (QED) is 0.649. The number of anilines is 2. The topological polar surface area (TPSA) is 95.6 Å². The van der Waals surface area contributed by atoms with Gasteiger partial charge in [0, 0.05) is 24.5 Å². The van der Waals surface area contributed by atoms with Gasteiger partial charge in [0.2, 0.25) is 0 Å². The van der Waals surface area contributed by atoms with Gasteiger partial charge in [-0.2, -0.15) is 0 Å². The maximum atomic E-state index is 6.60. The van der Waals surface area contributed by atoms with Crippen LogP contribution in [0.25, 0.3) is 22.3 Å². The maximum Gasteiger partial charge on any atom is 0.165 e. The van der Waals surface area contributed by atoms with E-state index in [1.54, 1.807) is 18.3 Å². The predicted molar refractivity (Wildman–Crippen MR) is 116 cm³/mol. The van der Waals surface area contributed by atoms with Gasteiger partial charge in [-0.1, -0.05) is 23.2 Å². The summed E-state index contributed by atoms with van der Waals surface area (Å²) in [6.45, 7) is 3.25. The van der Waals surface area contributed by atoms with Crippen LogP contribution in [0, 0.1) is 5.41 Å². The lowest BCUT2D eigenvalue weighted by atomic mass is 9.78. The van der Waals surface area contributed by atoms with Crippen molar-refractivity contribution < 1.29 is 14.2 Å². The number of halogens is 2. The van der Waals surface area contributed by atoms with Crippen molar-refractivity contribution in [2.45, 2.75) is 0 Å². The van der Waals surface area contributed by atoms with Gasteiger partial charge in [0.15, 0.2) is 5.82 Å². The van der Waals surface area contributed by atoms with E-state index in [4.69, 9.17) is 48.1 Å². The Hall–Kier alpha value is -2.55. The van der Waals surface area contributed by atoms with Crippen molar-refractivity contribution in [3.8, 4) is 22.9 Å². The SMILES string of the molecule is COc1cc(OC)c(Cl)c(-c2nc(N3CC4(COC4)C3)c3cc(N)ncc3n2)c1Cl. The van der Waals surface area contributed by atoms with Crippen molar-refractivity contribution >= 4 is 45.7 Å². The highest BCUT2D eigenvalue weighted by Crippen LogP contribution is 2.47. The molecule has 1 aromatic carbocycles. The number of nitrogen functional groups attached to an aromatic ring is 1. The first kappa shape index (κ1) is 19.4. The van der Waals surface area contributed by atoms with Crippen LogP contribution in [-0.4, -0.2) is 55.5 Å². The van der Waals surface area contributed by atoms with Crippen molar-refractivity contribution in [3.63, 3.8) is 0 Å². The van der Waals surface area contributed by atoms with E-state index in [-0.39, 0.29) is 5.41 Å². The third kappa shape index (κ3) is 2.90. The van der Waals surface area contributed by atoms with E-state index in [1.807, 2.05) is 0 Å². The molecule has 0 atom stereocenters. The zero-order valence-electron chi connectivity index (χ0n) is 16.4. The fraction of sp³-hybridized carbons (Fsp3) is 0.350. The first-order valence-electron chi connectivity index (χ1n) is 9.31. The minimum absolute atomic E-state index is 0.213. The molecule has 0 radical (unpaired) electrons. The Morgan fingerprint density at radius 2 is 1.73 bits per heavy atom. The average molecular weight is 448 g/mol. The Labute approximate surface area is 182 Å². The monoisotopic (exact) mass is 447 g/mol. The van der Waals surface area contributed by atoms with Gasteiger partial charge in [-0.25, -0.2) is 15.0 Å². The third-order valence-corrected chi connectivity index (χ3v) is 6.30. The second-order valence-corrected chi connectivity index (χ2v) is 8.39. The van der Waals surface area contributed by atoms with E-state index in [2.05, 4.69) is 14.9 Å². The van der Waals surface area contributed by atoms with Crippen LogP contribution in [0.2, 0.25) is 10.0 Å². The molecule has 8 nitrogen and oxygen atoms in total. The molecule has 3 aromatic rings.